The Balaban J connectivity index is 1.76. The maximum Gasteiger partial charge on any atom is 0.301 e. The third kappa shape index (κ3) is 2.75. The van der Waals surface area contributed by atoms with Gasteiger partial charge < -0.3 is 5.32 Å². The van der Waals surface area contributed by atoms with Crippen LogP contribution in [0.15, 0.2) is 18.2 Å². The van der Waals surface area contributed by atoms with Crippen molar-refractivity contribution >= 4 is 15.9 Å². The van der Waals surface area contributed by atoms with Crippen molar-refractivity contribution in [3.05, 3.63) is 29.3 Å². The number of piperazine rings is 1. The van der Waals surface area contributed by atoms with Crippen LogP contribution in [0.3, 0.4) is 0 Å². The number of benzene rings is 1. The zero-order valence-corrected chi connectivity index (χ0v) is 11.7. The van der Waals surface area contributed by atoms with Crippen LogP contribution in [0.1, 0.15) is 17.5 Å². The standard InChI is InChI=1S/C13H19N3O2S/c17-19(18,16-8-6-14-7-9-16)15-13-5-4-11-2-1-3-12(11)10-13/h4-5,10,14-15H,1-3,6-9H2. The topological polar surface area (TPSA) is 61.4 Å². The van der Waals surface area contributed by atoms with Gasteiger partial charge in [-0.2, -0.15) is 12.7 Å². The number of nitrogens with one attached hydrogen (secondary N) is 2. The van der Waals surface area contributed by atoms with Gasteiger partial charge in [0, 0.05) is 26.2 Å². The highest BCUT2D eigenvalue weighted by Crippen LogP contribution is 2.25. The van der Waals surface area contributed by atoms with E-state index in [4.69, 9.17) is 0 Å². The molecule has 1 aliphatic carbocycles. The molecular formula is C13H19N3O2S. The molecule has 1 aliphatic heterocycles. The van der Waals surface area contributed by atoms with Crippen molar-refractivity contribution in [2.75, 3.05) is 30.9 Å². The van der Waals surface area contributed by atoms with Gasteiger partial charge in [0.25, 0.3) is 0 Å². The van der Waals surface area contributed by atoms with E-state index < -0.39 is 10.2 Å². The van der Waals surface area contributed by atoms with E-state index in [1.54, 1.807) is 0 Å². The lowest BCUT2D eigenvalue weighted by Crippen LogP contribution is -2.48. The summed E-state index contributed by atoms with van der Waals surface area (Å²) in [4.78, 5) is 0. The Bertz CT molecular complexity index is 565. The molecule has 0 spiro atoms. The molecule has 6 heteroatoms. The van der Waals surface area contributed by atoms with Crippen molar-refractivity contribution in [3.63, 3.8) is 0 Å². The van der Waals surface area contributed by atoms with Gasteiger partial charge in [-0.05, 0) is 42.5 Å². The summed E-state index contributed by atoms with van der Waals surface area (Å²) >= 11 is 0. The van der Waals surface area contributed by atoms with Gasteiger partial charge in [0.15, 0.2) is 0 Å². The van der Waals surface area contributed by atoms with Gasteiger partial charge in [0.1, 0.15) is 0 Å². The third-order valence-electron chi connectivity index (χ3n) is 3.76. The van der Waals surface area contributed by atoms with E-state index in [1.165, 1.54) is 21.9 Å². The molecule has 2 aliphatic rings. The number of hydrogen-bond acceptors (Lipinski definition) is 3. The lowest BCUT2D eigenvalue weighted by Gasteiger charge is -2.27. The molecule has 1 aromatic carbocycles. The maximum absolute atomic E-state index is 12.2. The molecule has 0 radical (unpaired) electrons. The molecule has 1 fully saturated rings. The number of hydrogen-bond donors (Lipinski definition) is 2. The molecule has 2 N–H and O–H groups in total. The lowest BCUT2D eigenvalue weighted by molar-refractivity contribution is 0.362. The Morgan fingerprint density at radius 1 is 1.11 bits per heavy atom. The fraction of sp³-hybridized carbons (Fsp3) is 0.538. The van der Waals surface area contributed by atoms with Gasteiger partial charge in [-0.15, -0.1) is 0 Å². The molecule has 0 bridgehead atoms. The van der Waals surface area contributed by atoms with Crippen LogP contribution < -0.4 is 10.0 Å². The smallest absolute Gasteiger partial charge is 0.301 e. The largest absolute Gasteiger partial charge is 0.314 e. The van der Waals surface area contributed by atoms with Crippen molar-refractivity contribution in [1.82, 2.24) is 9.62 Å². The van der Waals surface area contributed by atoms with Crippen molar-refractivity contribution in [2.45, 2.75) is 19.3 Å². The Hall–Kier alpha value is -1.11. The first-order valence-electron chi connectivity index (χ1n) is 6.75. The molecule has 3 rings (SSSR count). The van der Waals surface area contributed by atoms with Gasteiger partial charge in [-0.25, -0.2) is 0 Å². The molecule has 0 aromatic heterocycles. The molecule has 1 aromatic rings. The zero-order valence-electron chi connectivity index (χ0n) is 10.9. The fourth-order valence-corrected chi connectivity index (χ4v) is 3.95. The average Bonchev–Trinajstić information content (AvgIpc) is 2.87. The van der Waals surface area contributed by atoms with E-state index in [9.17, 15) is 8.42 Å². The fourth-order valence-electron chi connectivity index (χ4n) is 2.73. The number of aryl methyl sites for hydroxylation is 2. The van der Waals surface area contributed by atoms with Crippen LogP contribution in [0.2, 0.25) is 0 Å². The van der Waals surface area contributed by atoms with Gasteiger partial charge in [0.2, 0.25) is 0 Å². The van der Waals surface area contributed by atoms with Gasteiger partial charge >= 0.3 is 10.2 Å². The normalized spacial score (nSPS) is 20.2. The lowest BCUT2D eigenvalue weighted by atomic mass is 10.1. The molecule has 1 heterocycles. The van der Waals surface area contributed by atoms with Crippen LogP contribution in [0.25, 0.3) is 0 Å². The quantitative estimate of drug-likeness (QED) is 0.859. The Morgan fingerprint density at radius 3 is 2.63 bits per heavy atom. The van der Waals surface area contributed by atoms with Crippen molar-refractivity contribution in [3.8, 4) is 0 Å². The zero-order chi connectivity index (χ0) is 13.3. The van der Waals surface area contributed by atoms with Gasteiger partial charge in [0.05, 0.1) is 5.69 Å². The second-order valence-electron chi connectivity index (χ2n) is 5.09. The average molecular weight is 281 g/mol. The summed E-state index contributed by atoms with van der Waals surface area (Å²) in [6.07, 6.45) is 3.34. The summed E-state index contributed by atoms with van der Waals surface area (Å²) in [6.45, 7) is 2.48. The predicted molar refractivity (Wildman–Crippen MR) is 75.5 cm³/mol. The molecule has 0 saturated carbocycles. The summed E-state index contributed by atoms with van der Waals surface area (Å²) in [5, 5.41) is 3.15. The van der Waals surface area contributed by atoms with Gasteiger partial charge in [-0.1, -0.05) is 6.07 Å². The van der Waals surface area contributed by atoms with Crippen LogP contribution in [-0.4, -0.2) is 38.9 Å². The highest BCUT2D eigenvalue weighted by atomic mass is 32.2. The van der Waals surface area contributed by atoms with E-state index in [0.717, 1.165) is 12.8 Å². The van der Waals surface area contributed by atoms with Crippen molar-refractivity contribution < 1.29 is 8.42 Å². The molecular weight excluding hydrogens is 262 g/mol. The Kier molecular flexibility index (Phi) is 3.47. The number of nitrogens with zero attached hydrogens (tertiary/aromatic N) is 1. The summed E-state index contributed by atoms with van der Waals surface area (Å²) in [5.41, 5.74) is 3.31. The highest BCUT2D eigenvalue weighted by molar-refractivity contribution is 7.90. The minimum absolute atomic E-state index is 0.528. The third-order valence-corrected chi connectivity index (χ3v) is 5.30. The summed E-state index contributed by atoms with van der Waals surface area (Å²) < 4.78 is 28.7. The van der Waals surface area contributed by atoms with E-state index in [-0.39, 0.29) is 0 Å². The van der Waals surface area contributed by atoms with Gasteiger partial charge in [-0.3, -0.25) is 4.72 Å². The molecule has 0 atom stereocenters. The van der Waals surface area contributed by atoms with E-state index >= 15 is 0 Å². The van der Waals surface area contributed by atoms with E-state index in [1.807, 2.05) is 18.2 Å². The summed E-state index contributed by atoms with van der Waals surface area (Å²) in [6, 6.07) is 5.88. The SMILES string of the molecule is O=S(=O)(Nc1ccc2c(c1)CCC2)N1CCNCC1. The second-order valence-corrected chi connectivity index (χ2v) is 6.76. The Morgan fingerprint density at radius 2 is 1.84 bits per heavy atom. The number of rotatable bonds is 3. The molecule has 0 amide bonds. The van der Waals surface area contributed by atoms with Crippen LogP contribution >= 0.6 is 0 Å². The second kappa shape index (κ2) is 5.11. The molecule has 5 nitrogen and oxygen atoms in total. The molecule has 104 valence electrons. The maximum atomic E-state index is 12.2. The van der Waals surface area contributed by atoms with Crippen LogP contribution in [0.4, 0.5) is 5.69 Å². The first-order valence-corrected chi connectivity index (χ1v) is 8.19. The summed E-state index contributed by atoms with van der Waals surface area (Å²) in [7, 11) is -3.41. The summed E-state index contributed by atoms with van der Waals surface area (Å²) in [5.74, 6) is 0. The molecule has 0 unspecified atom stereocenters. The minimum Gasteiger partial charge on any atom is -0.314 e. The molecule has 1 saturated heterocycles. The molecule has 19 heavy (non-hydrogen) atoms. The van der Waals surface area contributed by atoms with Crippen LogP contribution in [-0.2, 0) is 23.1 Å². The van der Waals surface area contributed by atoms with Crippen LogP contribution in [0, 0.1) is 0 Å². The van der Waals surface area contributed by atoms with E-state index in [2.05, 4.69) is 10.0 Å². The van der Waals surface area contributed by atoms with Crippen molar-refractivity contribution in [2.24, 2.45) is 0 Å². The monoisotopic (exact) mass is 281 g/mol. The Labute approximate surface area is 114 Å². The highest BCUT2D eigenvalue weighted by Gasteiger charge is 2.24. The predicted octanol–water partition coefficient (Wildman–Crippen LogP) is 0.737. The first-order chi connectivity index (χ1) is 9.15. The first kappa shape index (κ1) is 12.9. The van der Waals surface area contributed by atoms with E-state index in [0.29, 0.717) is 31.9 Å². The minimum atomic E-state index is -3.41. The number of fused-ring (bicyclic) bond motifs is 1. The van der Waals surface area contributed by atoms with Crippen molar-refractivity contribution in [1.29, 1.82) is 0 Å². The van der Waals surface area contributed by atoms with Crippen LogP contribution in [0.5, 0.6) is 0 Å². The number of anilines is 1.